The van der Waals surface area contributed by atoms with Crippen LogP contribution in [-0.2, 0) is 0 Å². The van der Waals surface area contributed by atoms with Crippen LogP contribution in [0.4, 0.5) is 5.82 Å². The number of pyridine rings is 1. The van der Waals surface area contributed by atoms with Crippen molar-refractivity contribution in [1.29, 1.82) is 0 Å². The Morgan fingerprint density at radius 2 is 1.95 bits per heavy atom. The fourth-order valence-electron chi connectivity index (χ4n) is 2.13. The van der Waals surface area contributed by atoms with E-state index in [0.717, 1.165) is 0 Å². The van der Waals surface area contributed by atoms with Crippen LogP contribution >= 0.6 is 11.6 Å². The van der Waals surface area contributed by atoms with Gasteiger partial charge in [-0.2, -0.15) is 0 Å². The number of aromatic nitrogens is 1. The van der Waals surface area contributed by atoms with E-state index in [1.807, 2.05) is 0 Å². The lowest BCUT2D eigenvalue weighted by molar-refractivity contribution is 0.0937. The number of carbonyl (C=O) groups is 1. The average molecular weight is 284 g/mol. The van der Waals surface area contributed by atoms with Crippen LogP contribution in [0.5, 0.6) is 0 Å². The van der Waals surface area contributed by atoms with Gasteiger partial charge in [-0.15, -0.1) is 0 Å². The molecule has 0 atom stereocenters. The van der Waals surface area contributed by atoms with Crippen LogP contribution in [0.25, 0.3) is 0 Å². The zero-order chi connectivity index (χ0) is 14.6. The molecule has 0 saturated heterocycles. The van der Waals surface area contributed by atoms with Crippen molar-refractivity contribution >= 4 is 23.3 Å². The molecule has 0 radical (unpaired) electrons. The average Bonchev–Trinajstić information content (AvgIpc) is 2.31. The number of hydrogen-bond acceptors (Lipinski definition) is 3. The quantitative estimate of drug-likeness (QED) is 0.873. The number of nitrogens with one attached hydrogen (secondary N) is 1. The Labute approximate surface area is 119 Å². The molecule has 0 aliphatic heterocycles. The molecule has 5 heteroatoms. The number of carbonyl (C=O) groups excluding carboxylic acids is 1. The first kappa shape index (κ1) is 15.8. The summed E-state index contributed by atoms with van der Waals surface area (Å²) in [4.78, 5) is 15.9. The molecule has 0 aromatic carbocycles. The van der Waals surface area contributed by atoms with Gasteiger partial charge in [0, 0.05) is 12.7 Å². The van der Waals surface area contributed by atoms with Crippen LogP contribution in [0, 0.1) is 17.8 Å². The van der Waals surface area contributed by atoms with Gasteiger partial charge in [0.2, 0.25) is 0 Å². The number of hydrogen-bond donors (Lipinski definition) is 2. The summed E-state index contributed by atoms with van der Waals surface area (Å²) in [5, 5.41) is 3.23. The fraction of sp³-hybridized carbons (Fsp3) is 0.571. The van der Waals surface area contributed by atoms with Gasteiger partial charge in [0.05, 0.1) is 10.6 Å². The highest BCUT2D eigenvalue weighted by atomic mass is 35.5. The van der Waals surface area contributed by atoms with Gasteiger partial charge in [-0.3, -0.25) is 4.79 Å². The van der Waals surface area contributed by atoms with Crippen LogP contribution in [0.1, 0.15) is 38.1 Å². The SMILES string of the molecule is CC(C)C(CNC(=O)c1cnc(N)c(Cl)c1)C(C)C. The number of halogens is 1. The van der Waals surface area contributed by atoms with Crippen molar-refractivity contribution in [3.63, 3.8) is 0 Å². The van der Waals surface area contributed by atoms with E-state index in [-0.39, 0.29) is 11.7 Å². The molecular formula is C14H22ClN3O. The van der Waals surface area contributed by atoms with E-state index in [9.17, 15) is 4.79 Å². The number of anilines is 1. The summed E-state index contributed by atoms with van der Waals surface area (Å²) in [6, 6.07) is 1.54. The molecule has 0 bridgehead atoms. The van der Waals surface area contributed by atoms with Gasteiger partial charge in [-0.05, 0) is 23.8 Å². The van der Waals surface area contributed by atoms with Crippen LogP contribution in [0.2, 0.25) is 5.02 Å². The summed E-state index contributed by atoms with van der Waals surface area (Å²) in [7, 11) is 0. The van der Waals surface area contributed by atoms with Gasteiger partial charge in [-0.1, -0.05) is 39.3 Å². The Hall–Kier alpha value is -1.29. The maximum atomic E-state index is 12.0. The summed E-state index contributed by atoms with van der Waals surface area (Å²) in [5.41, 5.74) is 5.95. The summed E-state index contributed by atoms with van der Waals surface area (Å²) in [6.07, 6.45) is 1.44. The number of nitrogens with zero attached hydrogens (tertiary/aromatic N) is 1. The molecule has 4 nitrogen and oxygen atoms in total. The zero-order valence-electron chi connectivity index (χ0n) is 11.9. The zero-order valence-corrected chi connectivity index (χ0v) is 12.7. The van der Waals surface area contributed by atoms with E-state index in [1.54, 1.807) is 6.07 Å². The number of amides is 1. The van der Waals surface area contributed by atoms with Crippen molar-refractivity contribution in [2.75, 3.05) is 12.3 Å². The lowest BCUT2D eigenvalue weighted by Gasteiger charge is -2.25. The van der Waals surface area contributed by atoms with E-state index in [1.165, 1.54) is 6.20 Å². The van der Waals surface area contributed by atoms with Crippen LogP contribution in [-0.4, -0.2) is 17.4 Å². The predicted octanol–water partition coefficient (Wildman–Crippen LogP) is 2.98. The Morgan fingerprint density at radius 3 is 2.42 bits per heavy atom. The van der Waals surface area contributed by atoms with E-state index < -0.39 is 0 Å². The highest BCUT2D eigenvalue weighted by Gasteiger charge is 2.18. The lowest BCUT2D eigenvalue weighted by atomic mass is 9.85. The van der Waals surface area contributed by atoms with Gasteiger partial charge >= 0.3 is 0 Å². The molecule has 0 spiro atoms. The van der Waals surface area contributed by atoms with Crippen molar-refractivity contribution in [1.82, 2.24) is 10.3 Å². The second-order valence-electron chi connectivity index (χ2n) is 5.45. The third-order valence-corrected chi connectivity index (χ3v) is 3.65. The minimum absolute atomic E-state index is 0.166. The molecule has 19 heavy (non-hydrogen) atoms. The Bertz CT molecular complexity index is 438. The molecule has 0 unspecified atom stereocenters. The second kappa shape index (κ2) is 6.75. The number of nitrogens with two attached hydrogens (primary N) is 1. The minimum atomic E-state index is -0.166. The first-order valence-corrected chi connectivity index (χ1v) is 6.90. The normalized spacial score (nSPS) is 11.4. The highest BCUT2D eigenvalue weighted by molar-refractivity contribution is 6.33. The molecule has 0 fully saturated rings. The van der Waals surface area contributed by atoms with Crippen LogP contribution in [0.3, 0.4) is 0 Å². The van der Waals surface area contributed by atoms with Crippen molar-refractivity contribution in [2.45, 2.75) is 27.7 Å². The lowest BCUT2D eigenvalue weighted by Crippen LogP contribution is -2.34. The van der Waals surface area contributed by atoms with Crippen molar-refractivity contribution in [3.05, 3.63) is 22.8 Å². The molecule has 0 aliphatic rings. The van der Waals surface area contributed by atoms with Crippen molar-refractivity contribution < 1.29 is 4.79 Å². The van der Waals surface area contributed by atoms with E-state index >= 15 is 0 Å². The summed E-state index contributed by atoms with van der Waals surface area (Å²) < 4.78 is 0. The van der Waals surface area contributed by atoms with Crippen LogP contribution in [0.15, 0.2) is 12.3 Å². The molecule has 1 aromatic rings. The van der Waals surface area contributed by atoms with Gasteiger partial charge in [0.25, 0.3) is 5.91 Å². The Balaban J connectivity index is 2.66. The molecule has 3 N–H and O–H groups in total. The first-order chi connectivity index (χ1) is 8.82. The Morgan fingerprint density at radius 1 is 1.37 bits per heavy atom. The molecule has 0 aliphatic carbocycles. The van der Waals surface area contributed by atoms with Crippen LogP contribution < -0.4 is 11.1 Å². The monoisotopic (exact) mass is 283 g/mol. The maximum absolute atomic E-state index is 12.0. The van der Waals surface area contributed by atoms with E-state index in [2.05, 4.69) is 38.0 Å². The standard InChI is InChI=1S/C14H22ClN3O/c1-8(2)11(9(3)4)7-18-14(19)10-5-12(15)13(16)17-6-10/h5-6,8-9,11H,7H2,1-4H3,(H2,16,17)(H,18,19). The third kappa shape index (κ3) is 4.39. The smallest absolute Gasteiger partial charge is 0.252 e. The molecule has 1 amide bonds. The fourth-order valence-corrected chi connectivity index (χ4v) is 2.29. The predicted molar refractivity (Wildman–Crippen MR) is 79.2 cm³/mol. The van der Waals surface area contributed by atoms with Gasteiger partial charge in [0.15, 0.2) is 0 Å². The van der Waals surface area contributed by atoms with E-state index in [0.29, 0.717) is 34.9 Å². The summed E-state index contributed by atoms with van der Waals surface area (Å²) in [5.74, 6) is 1.56. The van der Waals surface area contributed by atoms with E-state index in [4.69, 9.17) is 17.3 Å². The van der Waals surface area contributed by atoms with Crippen molar-refractivity contribution in [2.24, 2.45) is 17.8 Å². The van der Waals surface area contributed by atoms with Crippen molar-refractivity contribution in [3.8, 4) is 0 Å². The molecule has 106 valence electrons. The molecular weight excluding hydrogens is 262 g/mol. The maximum Gasteiger partial charge on any atom is 0.252 e. The largest absolute Gasteiger partial charge is 0.382 e. The number of rotatable bonds is 5. The molecule has 1 rings (SSSR count). The topological polar surface area (TPSA) is 68.0 Å². The van der Waals surface area contributed by atoms with Gasteiger partial charge in [-0.25, -0.2) is 4.98 Å². The van der Waals surface area contributed by atoms with Gasteiger partial charge in [0.1, 0.15) is 5.82 Å². The number of nitrogen functional groups attached to an aromatic ring is 1. The summed E-state index contributed by atoms with van der Waals surface area (Å²) >= 11 is 5.85. The highest BCUT2D eigenvalue weighted by Crippen LogP contribution is 2.20. The first-order valence-electron chi connectivity index (χ1n) is 6.52. The van der Waals surface area contributed by atoms with Gasteiger partial charge < -0.3 is 11.1 Å². The second-order valence-corrected chi connectivity index (χ2v) is 5.86. The molecule has 1 aromatic heterocycles. The summed E-state index contributed by atoms with van der Waals surface area (Å²) in [6.45, 7) is 9.31. The minimum Gasteiger partial charge on any atom is -0.382 e. The Kier molecular flexibility index (Phi) is 5.60. The molecule has 0 saturated carbocycles. The third-order valence-electron chi connectivity index (χ3n) is 3.34. The molecule has 1 heterocycles.